The van der Waals surface area contributed by atoms with Crippen molar-refractivity contribution in [1.82, 2.24) is 20.1 Å². The summed E-state index contributed by atoms with van der Waals surface area (Å²) in [4.78, 5) is 16.4. The van der Waals surface area contributed by atoms with Crippen LogP contribution in [0.15, 0.2) is 41.2 Å². The number of rotatable bonds is 9. The minimum Gasteiger partial charge on any atom is -0.490 e. The molecule has 0 atom stereocenters. The molecule has 1 aliphatic heterocycles. The number of nitrogens with one attached hydrogen (secondary N) is 3. The van der Waals surface area contributed by atoms with Crippen LogP contribution in [-0.2, 0) is 6.54 Å². The molecule has 1 fully saturated rings. The van der Waals surface area contributed by atoms with E-state index >= 15 is 0 Å². The van der Waals surface area contributed by atoms with Crippen LogP contribution in [-0.4, -0.2) is 53.4 Å². The summed E-state index contributed by atoms with van der Waals surface area (Å²) in [5.74, 6) is 1.89. The van der Waals surface area contributed by atoms with Crippen LogP contribution in [0, 0.1) is 0 Å². The molecule has 1 aromatic heterocycles. The quantitative estimate of drug-likeness (QED) is 0.571. The fourth-order valence-electron chi connectivity index (χ4n) is 3.21. The minimum absolute atomic E-state index is 0.485. The summed E-state index contributed by atoms with van der Waals surface area (Å²) >= 11 is 0. The van der Waals surface area contributed by atoms with Gasteiger partial charge in [0.05, 0.1) is 0 Å². The zero-order valence-electron chi connectivity index (χ0n) is 16.3. The molecule has 0 amide bonds. The number of anilines is 2. The van der Waals surface area contributed by atoms with E-state index in [1.165, 1.54) is 37.9 Å². The van der Waals surface area contributed by atoms with Crippen molar-refractivity contribution < 1.29 is 4.74 Å². The average molecular weight is 384 g/mol. The van der Waals surface area contributed by atoms with E-state index in [9.17, 15) is 4.79 Å². The highest BCUT2D eigenvalue weighted by atomic mass is 16.5. The smallest absolute Gasteiger partial charge is 0.365 e. The lowest BCUT2D eigenvalue weighted by Gasteiger charge is -2.26. The number of aromatic amines is 1. The predicted molar refractivity (Wildman–Crippen MR) is 111 cm³/mol. The number of benzene rings is 1. The Balaban J connectivity index is 1.43. The van der Waals surface area contributed by atoms with Gasteiger partial charge in [0.15, 0.2) is 11.6 Å². The normalized spacial score (nSPS) is 14.9. The number of hydrogen-bond donors (Lipinski definition) is 3. The van der Waals surface area contributed by atoms with Gasteiger partial charge >= 0.3 is 5.69 Å². The Kier molecular flexibility index (Phi) is 7.43. The third-order valence-corrected chi connectivity index (χ3v) is 4.61. The van der Waals surface area contributed by atoms with Crippen molar-refractivity contribution in [3.63, 3.8) is 0 Å². The van der Waals surface area contributed by atoms with Gasteiger partial charge in [-0.25, -0.2) is 4.79 Å². The first kappa shape index (κ1) is 19.9. The van der Waals surface area contributed by atoms with Gasteiger partial charge in [0.2, 0.25) is 0 Å². The fourth-order valence-corrected chi connectivity index (χ4v) is 3.21. The van der Waals surface area contributed by atoms with Crippen LogP contribution in [0.4, 0.5) is 11.6 Å². The second-order valence-corrected chi connectivity index (χ2v) is 6.75. The third kappa shape index (κ3) is 6.09. The SMILES string of the molecule is CNc1nnc(=O)[nH]c1NC/C=C\COc1cccc(CN2CCCCC2)c1. The van der Waals surface area contributed by atoms with Gasteiger partial charge < -0.3 is 15.4 Å². The molecule has 0 bridgehead atoms. The first-order chi connectivity index (χ1) is 13.7. The first-order valence-corrected chi connectivity index (χ1v) is 9.72. The Labute approximate surface area is 165 Å². The molecule has 8 nitrogen and oxygen atoms in total. The van der Waals surface area contributed by atoms with Crippen molar-refractivity contribution in [1.29, 1.82) is 0 Å². The second-order valence-electron chi connectivity index (χ2n) is 6.75. The molecule has 0 radical (unpaired) electrons. The van der Waals surface area contributed by atoms with Gasteiger partial charge in [-0.3, -0.25) is 9.88 Å². The van der Waals surface area contributed by atoms with E-state index in [-0.39, 0.29) is 0 Å². The zero-order chi connectivity index (χ0) is 19.6. The first-order valence-electron chi connectivity index (χ1n) is 9.72. The van der Waals surface area contributed by atoms with Gasteiger partial charge in [0, 0.05) is 20.1 Å². The lowest BCUT2D eigenvalue weighted by atomic mass is 10.1. The highest BCUT2D eigenvalue weighted by Gasteiger charge is 2.10. The Morgan fingerprint density at radius 3 is 2.89 bits per heavy atom. The van der Waals surface area contributed by atoms with Gasteiger partial charge in [-0.15, -0.1) is 5.10 Å². The van der Waals surface area contributed by atoms with Crippen LogP contribution in [0.3, 0.4) is 0 Å². The Morgan fingerprint density at radius 2 is 2.07 bits per heavy atom. The molecule has 3 rings (SSSR count). The Hall–Kier alpha value is -2.87. The number of nitrogens with zero attached hydrogens (tertiary/aromatic N) is 3. The molecule has 0 unspecified atom stereocenters. The number of ether oxygens (including phenoxy) is 1. The van der Waals surface area contributed by atoms with Crippen LogP contribution < -0.4 is 21.1 Å². The van der Waals surface area contributed by atoms with E-state index in [0.29, 0.717) is 24.8 Å². The summed E-state index contributed by atoms with van der Waals surface area (Å²) in [6.45, 7) is 4.39. The summed E-state index contributed by atoms with van der Waals surface area (Å²) in [5, 5.41) is 13.2. The van der Waals surface area contributed by atoms with E-state index in [4.69, 9.17) is 4.74 Å². The number of H-pyrrole nitrogens is 1. The van der Waals surface area contributed by atoms with Crippen molar-refractivity contribution in [2.75, 3.05) is 43.9 Å². The fraction of sp³-hybridized carbons (Fsp3) is 0.450. The molecule has 8 heteroatoms. The van der Waals surface area contributed by atoms with Crippen LogP contribution in [0.25, 0.3) is 0 Å². The van der Waals surface area contributed by atoms with Gasteiger partial charge in [-0.2, -0.15) is 0 Å². The van der Waals surface area contributed by atoms with Crippen LogP contribution in [0.5, 0.6) is 5.75 Å². The van der Waals surface area contributed by atoms with Gasteiger partial charge in [0.1, 0.15) is 12.4 Å². The summed E-state index contributed by atoms with van der Waals surface area (Å²) < 4.78 is 5.83. The number of piperidine rings is 1. The Bertz CT molecular complexity index is 829. The van der Waals surface area contributed by atoms with Crippen LogP contribution in [0.2, 0.25) is 0 Å². The lowest BCUT2D eigenvalue weighted by Crippen LogP contribution is -2.29. The molecule has 0 spiro atoms. The summed E-state index contributed by atoms with van der Waals surface area (Å²) in [5.41, 5.74) is 0.803. The number of hydrogen-bond acceptors (Lipinski definition) is 7. The minimum atomic E-state index is -0.488. The van der Waals surface area contributed by atoms with Gasteiger partial charge in [0.25, 0.3) is 0 Å². The van der Waals surface area contributed by atoms with E-state index in [1.54, 1.807) is 7.05 Å². The maximum Gasteiger partial charge on any atom is 0.365 e. The molecule has 28 heavy (non-hydrogen) atoms. The topological polar surface area (TPSA) is 95.2 Å². The van der Waals surface area contributed by atoms with E-state index < -0.39 is 5.69 Å². The molecule has 1 saturated heterocycles. The monoisotopic (exact) mass is 384 g/mol. The van der Waals surface area contributed by atoms with E-state index in [0.717, 1.165) is 12.3 Å². The lowest BCUT2D eigenvalue weighted by molar-refractivity contribution is 0.220. The third-order valence-electron chi connectivity index (χ3n) is 4.61. The largest absolute Gasteiger partial charge is 0.490 e. The summed E-state index contributed by atoms with van der Waals surface area (Å²) in [7, 11) is 1.72. The molecule has 1 aromatic carbocycles. The highest BCUT2D eigenvalue weighted by Crippen LogP contribution is 2.17. The molecule has 1 aliphatic rings. The van der Waals surface area contributed by atoms with E-state index in [1.807, 2.05) is 24.3 Å². The Morgan fingerprint density at radius 1 is 1.21 bits per heavy atom. The molecular weight excluding hydrogens is 356 g/mol. The second kappa shape index (κ2) is 10.5. The van der Waals surface area contributed by atoms with Crippen molar-refractivity contribution in [3.05, 3.63) is 52.5 Å². The maximum absolute atomic E-state index is 11.3. The average Bonchev–Trinajstić information content (AvgIpc) is 2.72. The van der Waals surface area contributed by atoms with Crippen molar-refractivity contribution in [2.24, 2.45) is 0 Å². The molecule has 3 N–H and O–H groups in total. The van der Waals surface area contributed by atoms with Crippen molar-refractivity contribution in [2.45, 2.75) is 25.8 Å². The van der Waals surface area contributed by atoms with Crippen molar-refractivity contribution in [3.8, 4) is 5.75 Å². The molecule has 2 heterocycles. The molecule has 0 saturated carbocycles. The summed E-state index contributed by atoms with van der Waals surface area (Å²) in [6, 6.07) is 8.31. The highest BCUT2D eigenvalue weighted by molar-refractivity contribution is 5.57. The molecular formula is C20H28N6O2. The van der Waals surface area contributed by atoms with Crippen LogP contribution in [0.1, 0.15) is 24.8 Å². The molecule has 0 aliphatic carbocycles. The van der Waals surface area contributed by atoms with Gasteiger partial charge in [-0.1, -0.05) is 29.7 Å². The van der Waals surface area contributed by atoms with E-state index in [2.05, 4.69) is 42.8 Å². The van der Waals surface area contributed by atoms with Gasteiger partial charge in [-0.05, 0) is 49.7 Å². The predicted octanol–water partition coefficient (Wildman–Crippen LogP) is 2.24. The standard InChI is InChI=1S/C20H28N6O2/c1-21-18-19(23-20(27)25-24-18)22-10-3-6-13-28-17-9-7-8-16(14-17)15-26-11-4-2-5-12-26/h3,6-9,14H,2,4-5,10-13,15H2,1H3,(H,21,24)(H2,22,23,25,27)/b6-3-. The summed E-state index contributed by atoms with van der Waals surface area (Å²) in [6.07, 6.45) is 7.83. The number of aromatic nitrogens is 3. The maximum atomic E-state index is 11.3. The number of likely N-dealkylation sites (tertiary alicyclic amines) is 1. The van der Waals surface area contributed by atoms with Crippen LogP contribution >= 0.6 is 0 Å². The molecule has 150 valence electrons. The van der Waals surface area contributed by atoms with Crippen molar-refractivity contribution >= 4 is 11.6 Å². The molecule has 2 aromatic rings. The zero-order valence-corrected chi connectivity index (χ0v) is 16.3.